The summed E-state index contributed by atoms with van der Waals surface area (Å²) in [6, 6.07) is 26.2. The average Bonchev–Trinajstić information content (AvgIpc) is 3.09. The Balaban J connectivity index is 0.000000286. The molecule has 4 aromatic heterocycles. The van der Waals surface area contributed by atoms with Crippen molar-refractivity contribution >= 4 is 48.3 Å². The third-order valence-electron chi connectivity index (χ3n) is 7.52. The van der Waals surface area contributed by atoms with Gasteiger partial charge in [-0.1, -0.05) is 104 Å². The normalized spacial score (nSPS) is 10.9. The monoisotopic (exact) mass is 768 g/mol. The molecule has 11 heteroatoms. The molecular weight excluding hydrogens is 717 g/mol. The predicted molar refractivity (Wildman–Crippen MR) is 213 cm³/mol. The molecule has 6 nitrogen and oxygen atoms in total. The van der Waals surface area contributed by atoms with Gasteiger partial charge in [0.05, 0.1) is 40.4 Å². The second kappa shape index (κ2) is 24.4. The van der Waals surface area contributed by atoms with Gasteiger partial charge in [-0.05, 0) is 70.4 Å². The number of pyridine rings is 4. The summed E-state index contributed by atoms with van der Waals surface area (Å²) < 4.78 is 0. The molecule has 0 bridgehead atoms. The molecule has 0 aromatic carbocycles. The quantitative estimate of drug-likeness (QED) is 0.0712. The van der Waals surface area contributed by atoms with Gasteiger partial charge in [-0.3, -0.25) is 19.9 Å². The van der Waals surface area contributed by atoms with Crippen LogP contribution < -0.4 is 10.4 Å². The molecule has 0 saturated heterocycles. The van der Waals surface area contributed by atoms with E-state index in [1.165, 1.54) is 34.5 Å². The van der Waals surface area contributed by atoms with Gasteiger partial charge in [0.15, 0.2) is 0 Å². The van der Waals surface area contributed by atoms with Gasteiger partial charge >= 0.3 is 54.4 Å². The zero-order chi connectivity index (χ0) is 36.0. The van der Waals surface area contributed by atoms with E-state index < -0.39 is 17.6 Å². The topological polar surface area (TPSA) is 99.1 Å². The maximum absolute atomic E-state index is 7.88. The molecular formula is C38H52FeN6S2Si2. The van der Waals surface area contributed by atoms with Crippen molar-refractivity contribution in [2.24, 2.45) is 23.7 Å². The number of rotatable bonds is 14. The second-order valence-corrected chi connectivity index (χ2v) is 23.8. The van der Waals surface area contributed by atoms with E-state index in [2.05, 4.69) is 112 Å². The van der Waals surface area contributed by atoms with Crippen LogP contribution in [-0.2, 0) is 12.7 Å². The molecule has 0 aliphatic rings. The number of thiocyanates is 2. The van der Waals surface area contributed by atoms with Crippen molar-refractivity contribution in [3.8, 4) is 33.6 Å². The summed E-state index contributed by atoms with van der Waals surface area (Å²) in [5.41, 5.74) is 3.85. The van der Waals surface area contributed by atoms with Crippen LogP contribution in [0, 0.1) is 45.0 Å². The molecule has 0 spiro atoms. The van der Waals surface area contributed by atoms with Crippen LogP contribution in [0.4, 0.5) is 0 Å². The molecule has 0 atom stereocenters. The van der Waals surface area contributed by atoms with E-state index in [4.69, 9.17) is 10.5 Å². The SMILES string of the molecule is CC(C)C[SiH](CC(C)C)c1ccc(-c2ccccn2)nc1.CC(C)C[SiH](CC(C)C)c1ccc(-c2ccccn2)nc1.N#C[S][Fe][S]C#N. The standard InChI is InChI=1S/2C18H26N2Si.2CHNS.Fe/c2*1-14(2)12-21(13-15(3)4)16-8-9-18(20-11-16)17-7-5-6-10-19-17;2*2-1-3;/h2*5-11,14-15,21H,12-13H2,1-4H3;2*3H;/q;;;;+2/p-2. The molecule has 49 heavy (non-hydrogen) atoms. The molecule has 0 amide bonds. The van der Waals surface area contributed by atoms with Gasteiger partial charge in [-0.25, -0.2) is 0 Å². The molecule has 4 heterocycles. The molecule has 0 unspecified atom stereocenters. The second-order valence-electron chi connectivity index (χ2n) is 13.7. The fourth-order valence-electron chi connectivity index (χ4n) is 5.68. The molecule has 0 saturated carbocycles. The molecule has 0 radical (unpaired) electrons. The molecule has 0 aliphatic carbocycles. The first-order valence-corrected chi connectivity index (χ1v) is 25.5. The Hall–Kier alpha value is -2.77. The molecule has 0 N–H and O–H groups in total. The van der Waals surface area contributed by atoms with Crippen LogP contribution in [0.5, 0.6) is 0 Å². The van der Waals surface area contributed by atoms with E-state index in [-0.39, 0.29) is 0 Å². The van der Waals surface area contributed by atoms with Gasteiger partial charge in [0.25, 0.3) is 0 Å². The fraction of sp³-hybridized carbons (Fsp3) is 0.421. The number of nitriles is 2. The number of hydrogen-bond donors (Lipinski definition) is 0. The van der Waals surface area contributed by atoms with Crippen LogP contribution in [0.25, 0.3) is 22.8 Å². The minimum absolute atomic E-state index is 0.549. The maximum atomic E-state index is 7.88. The van der Waals surface area contributed by atoms with E-state index in [0.29, 0.717) is 12.7 Å². The summed E-state index contributed by atoms with van der Waals surface area (Å²) >= 11 is 0.549. The number of hydrogen-bond acceptors (Lipinski definition) is 8. The predicted octanol–water partition coefficient (Wildman–Crippen LogP) is 9.11. The Labute approximate surface area is 311 Å². The van der Waals surface area contributed by atoms with E-state index in [1.807, 2.05) is 59.6 Å². The molecule has 262 valence electrons. The fourth-order valence-corrected chi connectivity index (χ4v) is 14.5. The zero-order valence-corrected chi connectivity index (χ0v) is 35.3. The van der Waals surface area contributed by atoms with Gasteiger partial charge in [-0.15, -0.1) is 0 Å². The molecule has 0 aliphatic heterocycles. The summed E-state index contributed by atoms with van der Waals surface area (Å²) in [6.07, 6.45) is 7.84. The van der Waals surface area contributed by atoms with Crippen LogP contribution in [0.3, 0.4) is 0 Å². The number of nitrogens with zero attached hydrogens (tertiary/aromatic N) is 6. The van der Waals surface area contributed by atoms with Gasteiger partial charge in [0, 0.05) is 24.8 Å². The Kier molecular flexibility index (Phi) is 21.1. The van der Waals surface area contributed by atoms with E-state index in [9.17, 15) is 0 Å². The van der Waals surface area contributed by atoms with Gasteiger partial charge < -0.3 is 0 Å². The Morgan fingerprint density at radius 2 is 0.878 bits per heavy atom. The van der Waals surface area contributed by atoms with Crippen LogP contribution in [-0.4, -0.2) is 37.5 Å². The first-order chi connectivity index (χ1) is 23.5. The van der Waals surface area contributed by atoms with E-state index >= 15 is 0 Å². The average molecular weight is 769 g/mol. The first-order valence-electron chi connectivity index (χ1n) is 17.0. The van der Waals surface area contributed by atoms with Crippen molar-refractivity contribution in [2.45, 2.75) is 79.6 Å². The van der Waals surface area contributed by atoms with Crippen molar-refractivity contribution in [1.82, 2.24) is 19.9 Å². The summed E-state index contributed by atoms with van der Waals surface area (Å²) in [6.45, 7) is 18.6. The van der Waals surface area contributed by atoms with Crippen LogP contribution in [0.15, 0.2) is 85.5 Å². The zero-order valence-electron chi connectivity index (χ0n) is 30.2. The van der Waals surface area contributed by atoms with Crippen molar-refractivity contribution in [1.29, 1.82) is 10.5 Å². The third-order valence-corrected chi connectivity index (χ3v) is 19.0. The van der Waals surface area contributed by atoms with Crippen molar-refractivity contribution in [3.05, 3.63) is 85.5 Å². The number of aromatic nitrogens is 4. The van der Waals surface area contributed by atoms with Crippen molar-refractivity contribution < 1.29 is 12.7 Å². The first kappa shape index (κ1) is 42.4. The van der Waals surface area contributed by atoms with Crippen LogP contribution in [0.1, 0.15) is 55.4 Å². The molecule has 0 fully saturated rings. The molecule has 4 rings (SSSR count). The third kappa shape index (κ3) is 17.6. The summed E-state index contributed by atoms with van der Waals surface area (Å²) in [5, 5.41) is 22.5. The Morgan fingerprint density at radius 3 is 1.12 bits per heavy atom. The summed E-state index contributed by atoms with van der Waals surface area (Å²) in [5.74, 6) is 3.10. The van der Waals surface area contributed by atoms with Crippen LogP contribution >= 0.6 is 20.4 Å². The van der Waals surface area contributed by atoms with Gasteiger partial charge in [-0.2, -0.15) is 0 Å². The van der Waals surface area contributed by atoms with Crippen molar-refractivity contribution in [3.63, 3.8) is 0 Å². The Bertz CT molecular complexity index is 1390. The van der Waals surface area contributed by atoms with Gasteiger partial charge in [0.1, 0.15) is 0 Å². The van der Waals surface area contributed by atoms with E-state index in [0.717, 1.165) is 66.8 Å². The van der Waals surface area contributed by atoms with Crippen LogP contribution in [0.2, 0.25) is 24.2 Å². The van der Waals surface area contributed by atoms with Crippen molar-refractivity contribution in [2.75, 3.05) is 0 Å². The summed E-state index contributed by atoms with van der Waals surface area (Å²) in [7, 11) is 0.347. The van der Waals surface area contributed by atoms with Gasteiger partial charge in [0.2, 0.25) is 0 Å². The van der Waals surface area contributed by atoms with E-state index in [1.54, 1.807) is 0 Å². The minimum atomic E-state index is -0.905. The Morgan fingerprint density at radius 1 is 0.531 bits per heavy atom. The molecule has 4 aromatic rings. The summed E-state index contributed by atoms with van der Waals surface area (Å²) in [4.78, 5) is 18.1.